The van der Waals surface area contributed by atoms with E-state index >= 15 is 0 Å². The molecule has 4 N–H and O–H groups in total. The molecular weight excluding hydrogens is 254 g/mol. The maximum absolute atomic E-state index is 11.2. The zero-order valence-corrected chi connectivity index (χ0v) is 11.7. The van der Waals surface area contributed by atoms with Crippen molar-refractivity contribution in [2.45, 2.75) is 63.9 Å². The van der Waals surface area contributed by atoms with Crippen molar-refractivity contribution in [2.75, 3.05) is 6.61 Å². The Labute approximate surface area is 112 Å². The fourth-order valence-electron chi connectivity index (χ4n) is 1.92. The molecule has 1 saturated heterocycles. The Kier molecular flexibility index (Phi) is 5.28. The quantitative estimate of drug-likeness (QED) is 0.513. The van der Waals surface area contributed by atoms with Gasteiger partial charge in [0.05, 0.1) is 12.2 Å². The van der Waals surface area contributed by atoms with E-state index in [4.69, 9.17) is 14.6 Å². The minimum absolute atomic E-state index is 0.371. The highest BCUT2D eigenvalue weighted by Gasteiger charge is 2.46. The Morgan fingerprint density at radius 3 is 2.32 bits per heavy atom. The molecule has 1 amide bonds. The summed E-state index contributed by atoms with van der Waals surface area (Å²) in [6.07, 6.45) is -4.46. The molecule has 0 saturated carbocycles. The van der Waals surface area contributed by atoms with Crippen molar-refractivity contribution in [1.82, 2.24) is 5.32 Å². The van der Waals surface area contributed by atoms with Crippen LogP contribution in [0, 0.1) is 0 Å². The van der Waals surface area contributed by atoms with Crippen molar-refractivity contribution >= 4 is 5.91 Å². The van der Waals surface area contributed by atoms with Gasteiger partial charge in [0.15, 0.2) is 6.29 Å². The lowest BCUT2D eigenvalue weighted by molar-refractivity contribution is -0.292. The lowest BCUT2D eigenvalue weighted by atomic mass is 9.96. The van der Waals surface area contributed by atoms with Crippen LogP contribution in [0.4, 0.5) is 0 Å². The first-order valence-corrected chi connectivity index (χ1v) is 6.23. The standard InChI is InChI=1S/C12H23NO6/c1-6(15)13-8-10(17)9(16)7(5-14)18-11(8)19-12(2,3)4/h7-11,14,16-17H,5H2,1-4H3,(H,13,15)/t7-,8+,9+,10+,11+/m1/s1. The van der Waals surface area contributed by atoms with Gasteiger partial charge in [0.25, 0.3) is 0 Å². The van der Waals surface area contributed by atoms with Crippen LogP contribution in [0.2, 0.25) is 0 Å². The van der Waals surface area contributed by atoms with Gasteiger partial charge in [-0.15, -0.1) is 0 Å². The number of carbonyl (C=O) groups is 1. The first-order chi connectivity index (χ1) is 8.65. The SMILES string of the molecule is CC(=O)N[C@@H]1[C@H](OC(C)(C)C)O[C@H](CO)[C@H](O)[C@H]1O. The number of nitrogens with one attached hydrogen (secondary N) is 1. The van der Waals surface area contributed by atoms with Gasteiger partial charge in [-0.25, -0.2) is 0 Å². The number of amides is 1. The van der Waals surface area contributed by atoms with Crippen molar-refractivity contribution in [1.29, 1.82) is 0 Å². The predicted molar refractivity (Wildman–Crippen MR) is 66.2 cm³/mol. The van der Waals surface area contributed by atoms with Gasteiger partial charge in [-0.1, -0.05) is 0 Å². The molecule has 7 heteroatoms. The summed E-state index contributed by atoms with van der Waals surface area (Å²) in [5.74, 6) is -0.371. The molecule has 112 valence electrons. The predicted octanol–water partition coefficient (Wildman–Crippen LogP) is -1.25. The van der Waals surface area contributed by atoms with Crippen molar-refractivity contribution in [2.24, 2.45) is 0 Å². The third-order valence-electron chi connectivity index (χ3n) is 2.72. The second-order valence-corrected chi connectivity index (χ2v) is 5.66. The molecule has 0 aromatic heterocycles. The monoisotopic (exact) mass is 277 g/mol. The average molecular weight is 277 g/mol. The van der Waals surface area contributed by atoms with Crippen LogP contribution in [-0.4, -0.2) is 64.1 Å². The van der Waals surface area contributed by atoms with Crippen LogP contribution < -0.4 is 5.32 Å². The van der Waals surface area contributed by atoms with Crippen molar-refractivity contribution < 1.29 is 29.6 Å². The molecule has 0 aromatic rings. The molecule has 0 bridgehead atoms. The summed E-state index contributed by atoms with van der Waals surface area (Å²) in [6.45, 7) is 6.24. The number of hydrogen-bond donors (Lipinski definition) is 4. The summed E-state index contributed by atoms with van der Waals surface area (Å²) in [4.78, 5) is 11.2. The minimum Gasteiger partial charge on any atom is -0.394 e. The van der Waals surface area contributed by atoms with Crippen molar-refractivity contribution in [3.05, 3.63) is 0 Å². The summed E-state index contributed by atoms with van der Waals surface area (Å²) in [5, 5.41) is 31.4. The van der Waals surface area contributed by atoms with Crippen LogP contribution in [0.15, 0.2) is 0 Å². The van der Waals surface area contributed by atoms with Crippen LogP contribution in [-0.2, 0) is 14.3 Å². The first-order valence-electron chi connectivity index (χ1n) is 6.23. The number of hydrogen-bond acceptors (Lipinski definition) is 6. The van der Waals surface area contributed by atoms with Crippen LogP contribution in [0.1, 0.15) is 27.7 Å². The molecule has 0 aromatic carbocycles. The molecule has 0 aliphatic carbocycles. The molecule has 1 heterocycles. The second-order valence-electron chi connectivity index (χ2n) is 5.66. The molecule has 0 radical (unpaired) electrons. The van der Waals surface area contributed by atoms with Gasteiger partial charge in [0.1, 0.15) is 24.4 Å². The fraction of sp³-hybridized carbons (Fsp3) is 0.917. The van der Waals surface area contributed by atoms with E-state index in [1.165, 1.54) is 6.92 Å². The molecule has 7 nitrogen and oxygen atoms in total. The van der Waals surface area contributed by atoms with Gasteiger partial charge >= 0.3 is 0 Å². The highest BCUT2D eigenvalue weighted by Crippen LogP contribution is 2.25. The molecule has 1 aliphatic rings. The van der Waals surface area contributed by atoms with E-state index in [-0.39, 0.29) is 5.91 Å². The molecular formula is C12H23NO6. The number of aliphatic hydroxyl groups is 3. The lowest BCUT2D eigenvalue weighted by Crippen LogP contribution is -2.65. The summed E-state index contributed by atoms with van der Waals surface area (Å²) in [6, 6.07) is -0.894. The van der Waals surface area contributed by atoms with Crippen LogP contribution >= 0.6 is 0 Å². The summed E-state index contributed by atoms with van der Waals surface area (Å²) in [7, 11) is 0. The third-order valence-corrected chi connectivity index (χ3v) is 2.72. The van der Waals surface area contributed by atoms with Gasteiger partial charge in [-0.3, -0.25) is 4.79 Å². The third kappa shape index (κ3) is 4.39. The zero-order valence-electron chi connectivity index (χ0n) is 11.7. The Balaban J connectivity index is 2.89. The van der Waals surface area contributed by atoms with Gasteiger partial charge in [0.2, 0.25) is 5.91 Å². The summed E-state index contributed by atoms with van der Waals surface area (Å²) < 4.78 is 11.0. The molecule has 0 spiro atoms. The maximum atomic E-state index is 11.2. The van der Waals surface area contributed by atoms with E-state index in [1.54, 1.807) is 20.8 Å². The Hall–Kier alpha value is -0.730. The first kappa shape index (κ1) is 16.3. The van der Waals surface area contributed by atoms with Crippen LogP contribution in [0.5, 0.6) is 0 Å². The van der Waals surface area contributed by atoms with E-state index in [9.17, 15) is 15.0 Å². The van der Waals surface area contributed by atoms with E-state index in [0.717, 1.165) is 0 Å². The van der Waals surface area contributed by atoms with Crippen molar-refractivity contribution in [3.8, 4) is 0 Å². The van der Waals surface area contributed by atoms with Gasteiger partial charge in [0, 0.05) is 6.92 Å². The largest absolute Gasteiger partial charge is 0.394 e. The van der Waals surface area contributed by atoms with Gasteiger partial charge < -0.3 is 30.1 Å². The molecule has 0 unspecified atom stereocenters. The normalized spacial score (nSPS) is 36.1. The fourth-order valence-corrected chi connectivity index (χ4v) is 1.92. The Morgan fingerprint density at radius 2 is 1.89 bits per heavy atom. The summed E-state index contributed by atoms with van der Waals surface area (Å²) >= 11 is 0. The lowest BCUT2D eigenvalue weighted by Gasteiger charge is -2.44. The molecule has 1 rings (SSSR count). The van der Waals surface area contributed by atoms with Gasteiger partial charge in [-0.2, -0.15) is 0 Å². The molecule has 19 heavy (non-hydrogen) atoms. The molecule has 1 aliphatic heterocycles. The zero-order chi connectivity index (χ0) is 14.8. The number of ether oxygens (including phenoxy) is 2. The van der Waals surface area contributed by atoms with E-state index < -0.39 is 42.9 Å². The average Bonchev–Trinajstić information content (AvgIpc) is 2.26. The second kappa shape index (κ2) is 6.15. The smallest absolute Gasteiger partial charge is 0.217 e. The van der Waals surface area contributed by atoms with E-state index in [2.05, 4.69) is 5.32 Å². The molecule has 1 fully saturated rings. The highest BCUT2D eigenvalue weighted by atomic mass is 16.7. The Bertz CT molecular complexity index is 316. The van der Waals surface area contributed by atoms with Crippen molar-refractivity contribution in [3.63, 3.8) is 0 Å². The minimum atomic E-state index is -1.29. The summed E-state index contributed by atoms with van der Waals surface area (Å²) in [5.41, 5.74) is -0.566. The maximum Gasteiger partial charge on any atom is 0.217 e. The topological polar surface area (TPSA) is 108 Å². The van der Waals surface area contributed by atoms with Crippen LogP contribution in [0.3, 0.4) is 0 Å². The van der Waals surface area contributed by atoms with Gasteiger partial charge in [-0.05, 0) is 20.8 Å². The number of aliphatic hydroxyl groups excluding tert-OH is 3. The van der Waals surface area contributed by atoms with Crippen LogP contribution in [0.25, 0.3) is 0 Å². The van der Waals surface area contributed by atoms with E-state index in [1.807, 2.05) is 0 Å². The highest BCUT2D eigenvalue weighted by molar-refractivity contribution is 5.73. The number of carbonyl (C=O) groups excluding carboxylic acids is 1. The Morgan fingerprint density at radius 1 is 1.32 bits per heavy atom. The van der Waals surface area contributed by atoms with E-state index in [0.29, 0.717) is 0 Å². The number of rotatable bonds is 3. The molecule has 5 atom stereocenters.